The number of hydrogen-bond donors (Lipinski definition) is 1. The van der Waals surface area contributed by atoms with E-state index >= 15 is 0 Å². The number of nitrogens with one attached hydrogen (secondary N) is 1. The Bertz CT molecular complexity index is 581. The van der Waals surface area contributed by atoms with E-state index in [-0.39, 0.29) is 6.04 Å². The Labute approximate surface area is 122 Å². The summed E-state index contributed by atoms with van der Waals surface area (Å²) in [5.74, 6) is 1.41. The first kappa shape index (κ1) is 14.3. The van der Waals surface area contributed by atoms with Crippen molar-refractivity contribution in [2.75, 3.05) is 14.2 Å². The van der Waals surface area contributed by atoms with E-state index in [2.05, 4.69) is 5.32 Å². The molecule has 0 aliphatic rings. The zero-order chi connectivity index (χ0) is 14.0. The highest BCUT2D eigenvalue weighted by atomic mass is 35.5. The second kappa shape index (κ2) is 5.87. The highest BCUT2D eigenvalue weighted by Gasteiger charge is 2.20. The Balaban J connectivity index is 2.50. The molecular formula is C14H15Cl2NO2. The van der Waals surface area contributed by atoms with E-state index in [0.29, 0.717) is 15.8 Å². The summed E-state index contributed by atoms with van der Waals surface area (Å²) >= 11 is 12.5. The Kier molecular flexibility index (Phi) is 4.40. The minimum absolute atomic E-state index is 0.0744. The highest BCUT2D eigenvalue weighted by molar-refractivity contribution is 6.34. The van der Waals surface area contributed by atoms with E-state index in [9.17, 15) is 0 Å². The molecule has 1 N–H and O–H groups in total. The van der Waals surface area contributed by atoms with Crippen LogP contribution in [-0.4, -0.2) is 14.2 Å². The maximum atomic E-state index is 6.31. The van der Waals surface area contributed by atoms with Gasteiger partial charge in [-0.3, -0.25) is 0 Å². The number of rotatable bonds is 4. The molecule has 0 aliphatic carbocycles. The van der Waals surface area contributed by atoms with Gasteiger partial charge in [0, 0.05) is 16.7 Å². The first-order valence-electron chi connectivity index (χ1n) is 5.82. The molecule has 2 rings (SSSR count). The monoisotopic (exact) mass is 299 g/mol. The van der Waals surface area contributed by atoms with Crippen LogP contribution in [-0.2, 0) is 0 Å². The number of hydrogen-bond acceptors (Lipinski definition) is 3. The van der Waals surface area contributed by atoms with Gasteiger partial charge in [0.05, 0.1) is 24.4 Å². The maximum absolute atomic E-state index is 6.31. The van der Waals surface area contributed by atoms with Crippen LogP contribution in [0.4, 0.5) is 0 Å². The Morgan fingerprint density at radius 1 is 1.21 bits per heavy atom. The fraction of sp³-hybridized carbons (Fsp3) is 0.286. The van der Waals surface area contributed by atoms with Crippen LogP contribution in [0.5, 0.6) is 5.75 Å². The van der Waals surface area contributed by atoms with Gasteiger partial charge in [0.15, 0.2) is 0 Å². The summed E-state index contributed by atoms with van der Waals surface area (Å²) in [6.07, 6.45) is 1.66. The van der Waals surface area contributed by atoms with Crippen molar-refractivity contribution in [2.24, 2.45) is 0 Å². The summed E-state index contributed by atoms with van der Waals surface area (Å²) in [5.41, 5.74) is 1.92. The van der Waals surface area contributed by atoms with E-state index in [1.807, 2.05) is 26.1 Å². The van der Waals surface area contributed by atoms with Crippen LogP contribution >= 0.6 is 23.2 Å². The SMILES string of the molecule is CNC(c1cc(Cl)c(OC)cc1Cl)c1ccoc1C. The lowest BCUT2D eigenvalue weighted by atomic mass is 9.99. The van der Waals surface area contributed by atoms with Gasteiger partial charge in [-0.15, -0.1) is 0 Å². The molecule has 1 unspecified atom stereocenters. The molecule has 0 aliphatic heterocycles. The predicted molar refractivity (Wildman–Crippen MR) is 77.4 cm³/mol. The third kappa shape index (κ3) is 2.73. The molecule has 0 fully saturated rings. The van der Waals surface area contributed by atoms with Crippen molar-refractivity contribution in [3.63, 3.8) is 0 Å². The molecule has 0 radical (unpaired) electrons. The van der Waals surface area contributed by atoms with Gasteiger partial charge in [0.25, 0.3) is 0 Å². The molecule has 0 bridgehead atoms. The molecular weight excluding hydrogens is 285 g/mol. The second-order valence-electron chi connectivity index (χ2n) is 4.16. The topological polar surface area (TPSA) is 34.4 Å². The van der Waals surface area contributed by atoms with E-state index in [0.717, 1.165) is 16.9 Å². The molecule has 102 valence electrons. The predicted octanol–water partition coefficient (Wildman–Crippen LogP) is 4.21. The van der Waals surface area contributed by atoms with E-state index in [1.165, 1.54) is 0 Å². The van der Waals surface area contributed by atoms with Crippen LogP contribution in [0.1, 0.15) is 22.9 Å². The van der Waals surface area contributed by atoms with Gasteiger partial charge >= 0.3 is 0 Å². The van der Waals surface area contributed by atoms with Crippen LogP contribution in [0, 0.1) is 6.92 Å². The standard InChI is InChI=1S/C14H15Cl2NO2/c1-8-9(4-5-19-8)14(17-2)10-6-12(16)13(18-3)7-11(10)15/h4-7,14,17H,1-3H3. The Hall–Kier alpha value is -1.16. The fourth-order valence-electron chi connectivity index (χ4n) is 2.09. The van der Waals surface area contributed by atoms with Gasteiger partial charge in [0.1, 0.15) is 11.5 Å². The number of furan rings is 1. The van der Waals surface area contributed by atoms with Gasteiger partial charge in [-0.05, 0) is 31.7 Å². The van der Waals surface area contributed by atoms with Gasteiger partial charge in [0.2, 0.25) is 0 Å². The lowest BCUT2D eigenvalue weighted by Gasteiger charge is -2.19. The number of aryl methyl sites for hydroxylation is 1. The van der Waals surface area contributed by atoms with Gasteiger partial charge in [-0.25, -0.2) is 0 Å². The first-order chi connectivity index (χ1) is 9.08. The largest absolute Gasteiger partial charge is 0.495 e. The molecule has 1 heterocycles. The van der Waals surface area contributed by atoms with Crippen molar-refractivity contribution in [2.45, 2.75) is 13.0 Å². The van der Waals surface area contributed by atoms with Crippen molar-refractivity contribution >= 4 is 23.2 Å². The van der Waals surface area contributed by atoms with E-state index in [4.69, 9.17) is 32.4 Å². The summed E-state index contributed by atoms with van der Waals surface area (Å²) in [4.78, 5) is 0. The summed E-state index contributed by atoms with van der Waals surface area (Å²) in [6.45, 7) is 1.92. The smallest absolute Gasteiger partial charge is 0.138 e. The molecule has 1 atom stereocenters. The molecule has 0 saturated carbocycles. The fourth-order valence-corrected chi connectivity index (χ4v) is 2.61. The lowest BCUT2D eigenvalue weighted by molar-refractivity contribution is 0.414. The zero-order valence-electron chi connectivity index (χ0n) is 11.0. The molecule has 2 aromatic rings. The average Bonchev–Trinajstić information content (AvgIpc) is 2.80. The zero-order valence-corrected chi connectivity index (χ0v) is 12.5. The second-order valence-corrected chi connectivity index (χ2v) is 4.98. The Morgan fingerprint density at radius 2 is 1.95 bits per heavy atom. The molecule has 5 heteroatoms. The normalized spacial score (nSPS) is 12.5. The van der Waals surface area contributed by atoms with Crippen molar-refractivity contribution in [3.05, 3.63) is 51.4 Å². The molecule has 0 spiro atoms. The van der Waals surface area contributed by atoms with Crippen LogP contribution in [0.3, 0.4) is 0 Å². The number of ether oxygens (including phenoxy) is 1. The summed E-state index contributed by atoms with van der Waals surface area (Å²) in [5, 5.41) is 4.35. The number of halogens is 2. The minimum Gasteiger partial charge on any atom is -0.495 e. The van der Waals surface area contributed by atoms with Gasteiger partial charge in [-0.1, -0.05) is 23.2 Å². The minimum atomic E-state index is -0.0744. The average molecular weight is 300 g/mol. The molecule has 3 nitrogen and oxygen atoms in total. The van der Waals surface area contributed by atoms with Gasteiger partial charge < -0.3 is 14.5 Å². The van der Waals surface area contributed by atoms with Crippen molar-refractivity contribution < 1.29 is 9.15 Å². The molecule has 1 aromatic carbocycles. The molecule has 19 heavy (non-hydrogen) atoms. The lowest BCUT2D eigenvalue weighted by Crippen LogP contribution is -2.18. The number of methoxy groups -OCH3 is 1. The third-order valence-corrected chi connectivity index (χ3v) is 3.70. The van der Waals surface area contributed by atoms with Crippen molar-refractivity contribution in [1.82, 2.24) is 5.32 Å². The van der Waals surface area contributed by atoms with E-state index < -0.39 is 0 Å². The maximum Gasteiger partial charge on any atom is 0.138 e. The van der Waals surface area contributed by atoms with Crippen molar-refractivity contribution in [1.29, 1.82) is 0 Å². The quantitative estimate of drug-likeness (QED) is 0.918. The summed E-state index contributed by atoms with van der Waals surface area (Å²) in [6, 6.07) is 5.38. The van der Waals surface area contributed by atoms with Crippen molar-refractivity contribution in [3.8, 4) is 5.75 Å². The Morgan fingerprint density at radius 3 is 2.47 bits per heavy atom. The van der Waals surface area contributed by atoms with Crippen LogP contribution in [0.2, 0.25) is 10.0 Å². The first-order valence-corrected chi connectivity index (χ1v) is 6.58. The van der Waals surface area contributed by atoms with E-state index in [1.54, 1.807) is 19.4 Å². The molecule has 1 aromatic heterocycles. The molecule has 0 amide bonds. The summed E-state index contributed by atoms with van der Waals surface area (Å²) < 4.78 is 10.5. The molecule has 0 saturated heterocycles. The van der Waals surface area contributed by atoms with Crippen LogP contribution in [0.15, 0.2) is 28.9 Å². The summed E-state index contributed by atoms with van der Waals surface area (Å²) in [7, 11) is 3.43. The van der Waals surface area contributed by atoms with Crippen LogP contribution < -0.4 is 10.1 Å². The third-order valence-electron chi connectivity index (χ3n) is 3.08. The number of benzene rings is 1. The highest BCUT2D eigenvalue weighted by Crippen LogP contribution is 2.36. The van der Waals surface area contributed by atoms with Crippen LogP contribution in [0.25, 0.3) is 0 Å². The van der Waals surface area contributed by atoms with Gasteiger partial charge in [-0.2, -0.15) is 0 Å².